The third kappa shape index (κ3) is 1.63. The van der Waals surface area contributed by atoms with Gasteiger partial charge in [-0.3, -0.25) is 0 Å². The van der Waals surface area contributed by atoms with Crippen LogP contribution in [0.25, 0.3) is 21.9 Å². The largest absolute Gasteiger partial charge is 0.493 e. The van der Waals surface area contributed by atoms with Gasteiger partial charge in [-0.25, -0.2) is 4.39 Å². The van der Waals surface area contributed by atoms with Gasteiger partial charge in [0.2, 0.25) is 0 Å². The molecule has 0 bridgehead atoms. The number of furan rings is 1. The van der Waals surface area contributed by atoms with E-state index < -0.39 is 0 Å². The molecule has 3 rings (SSSR count). The molecule has 1 heterocycles. The van der Waals surface area contributed by atoms with Crippen LogP contribution in [0.1, 0.15) is 13.3 Å². The number of para-hydroxylation sites is 1. The van der Waals surface area contributed by atoms with Crippen LogP contribution in [0.15, 0.2) is 40.8 Å². The summed E-state index contributed by atoms with van der Waals surface area (Å²) in [6.45, 7) is 2.65. The molecule has 0 aliphatic carbocycles. The van der Waals surface area contributed by atoms with Gasteiger partial charge in [0.15, 0.2) is 11.4 Å². The summed E-state index contributed by atoms with van der Waals surface area (Å²) < 4.78 is 25.0. The molecule has 0 unspecified atom stereocenters. The predicted octanol–water partition coefficient (Wildman–Crippen LogP) is 4.51. The molecule has 0 saturated carbocycles. The highest BCUT2D eigenvalue weighted by atomic mass is 19.1. The highest BCUT2D eigenvalue weighted by Gasteiger charge is 2.15. The second-order valence-electron chi connectivity index (χ2n) is 4.20. The molecule has 0 atom stereocenters. The van der Waals surface area contributed by atoms with Gasteiger partial charge in [-0.2, -0.15) is 0 Å². The normalized spacial score (nSPS) is 11.2. The fourth-order valence-corrected chi connectivity index (χ4v) is 2.10. The van der Waals surface area contributed by atoms with Crippen molar-refractivity contribution < 1.29 is 13.5 Å². The molecule has 3 aromatic rings. The predicted molar refractivity (Wildman–Crippen MR) is 69.5 cm³/mol. The Bertz CT molecular complexity index is 700. The third-order valence-corrected chi connectivity index (χ3v) is 2.90. The van der Waals surface area contributed by atoms with Crippen molar-refractivity contribution in [3.63, 3.8) is 0 Å². The Morgan fingerprint density at radius 1 is 1.17 bits per heavy atom. The molecule has 0 amide bonds. The summed E-state index contributed by atoms with van der Waals surface area (Å²) in [5.74, 6) is 0.322. The van der Waals surface area contributed by atoms with Crippen LogP contribution in [0.2, 0.25) is 0 Å². The molecule has 0 radical (unpaired) electrons. The monoisotopic (exact) mass is 244 g/mol. The van der Waals surface area contributed by atoms with Crippen molar-refractivity contribution in [3.05, 3.63) is 42.2 Å². The minimum atomic E-state index is -0.356. The third-order valence-electron chi connectivity index (χ3n) is 2.90. The van der Waals surface area contributed by atoms with Crippen LogP contribution >= 0.6 is 0 Å². The first-order valence-electron chi connectivity index (χ1n) is 6.04. The molecule has 18 heavy (non-hydrogen) atoms. The van der Waals surface area contributed by atoms with Gasteiger partial charge in [0.25, 0.3) is 0 Å². The maximum Gasteiger partial charge on any atom is 0.174 e. The van der Waals surface area contributed by atoms with E-state index in [1.54, 1.807) is 6.07 Å². The van der Waals surface area contributed by atoms with Gasteiger partial charge >= 0.3 is 0 Å². The Hall–Kier alpha value is -2.03. The summed E-state index contributed by atoms with van der Waals surface area (Å²) in [6, 6.07) is 10.6. The zero-order chi connectivity index (χ0) is 12.5. The Morgan fingerprint density at radius 3 is 2.83 bits per heavy atom. The average molecular weight is 244 g/mol. The van der Waals surface area contributed by atoms with E-state index in [4.69, 9.17) is 9.15 Å². The summed E-state index contributed by atoms with van der Waals surface area (Å²) in [6.07, 6.45) is 0.911. The summed E-state index contributed by atoms with van der Waals surface area (Å²) in [5.41, 5.74) is 0.948. The Labute approximate surface area is 104 Å². The molecule has 3 heteroatoms. The maximum absolute atomic E-state index is 13.8. The lowest BCUT2D eigenvalue weighted by molar-refractivity contribution is 0.321. The molecular formula is C15H13FO2. The molecule has 0 spiro atoms. The lowest BCUT2D eigenvalue weighted by Crippen LogP contribution is -1.95. The fraction of sp³-hybridized carbons (Fsp3) is 0.200. The minimum absolute atomic E-state index is 0.268. The number of benzene rings is 2. The molecule has 0 saturated heterocycles. The Balaban J connectivity index is 2.33. The van der Waals surface area contributed by atoms with E-state index in [9.17, 15) is 4.39 Å². The van der Waals surface area contributed by atoms with Gasteiger partial charge in [0, 0.05) is 5.39 Å². The fourth-order valence-electron chi connectivity index (χ4n) is 2.10. The molecule has 0 N–H and O–H groups in total. The number of hydrogen-bond donors (Lipinski definition) is 0. The van der Waals surface area contributed by atoms with Crippen molar-refractivity contribution >= 4 is 21.9 Å². The molecule has 0 aliphatic rings. The summed E-state index contributed by atoms with van der Waals surface area (Å²) in [5, 5.41) is 1.61. The van der Waals surface area contributed by atoms with Crippen molar-refractivity contribution in [1.29, 1.82) is 0 Å². The summed E-state index contributed by atoms with van der Waals surface area (Å²) in [7, 11) is 0. The van der Waals surface area contributed by atoms with Crippen LogP contribution in [0.5, 0.6) is 5.75 Å². The second kappa shape index (κ2) is 4.33. The lowest BCUT2D eigenvalue weighted by atomic mass is 10.1. The number of ether oxygens (including phenoxy) is 1. The highest BCUT2D eigenvalue weighted by molar-refractivity contribution is 6.08. The van der Waals surface area contributed by atoms with E-state index in [1.165, 1.54) is 6.07 Å². The zero-order valence-corrected chi connectivity index (χ0v) is 10.1. The van der Waals surface area contributed by atoms with Crippen molar-refractivity contribution in [1.82, 2.24) is 0 Å². The molecule has 92 valence electrons. The van der Waals surface area contributed by atoms with E-state index in [0.29, 0.717) is 17.9 Å². The lowest BCUT2D eigenvalue weighted by Gasteiger charge is -2.05. The van der Waals surface area contributed by atoms with Gasteiger partial charge in [-0.05, 0) is 24.6 Å². The van der Waals surface area contributed by atoms with Crippen LogP contribution in [-0.2, 0) is 0 Å². The molecular weight excluding hydrogens is 231 g/mol. The first-order valence-corrected chi connectivity index (χ1v) is 6.04. The van der Waals surface area contributed by atoms with Crippen LogP contribution in [0, 0.1) is 5.82 Å². The Morgan fingerprint density at radius 2 is 2.00 bits per heavy atom. The quantitative estimate of drug-likeness (QED) is 0.676. The van der Waals surface area contributed by atoms with Gasteiger partial charge < -0.3 is 9.15 Å². The van der Waals surface area contributed by atoms with E-state index in [2.05, 4.69) is 0 Å². The topological polar surface area (TPSA) is 22.4 Å². The Kier molecular flexibility index (Phi) is 2.67. The van der Waals surface area contributed by atoms with E-state index in [1.807, 2.05) is 31.2 Å². The highest BCUT2D eigenvalue weighted by Crippen LogP contribution is 2.36. The summed E-state index contributed by atoms with van der Waals surface area (Å²) in [4.78, 5) is 0. The van der Waals surface area contributed by atoms with Crippen molar-refractivity contribution in [2.75, 3.05) is 6.61 Å². The number of rotatable bonds is 3. The molecule has 1 aromatic heterocycles. The molecule has 2 aromatic carbocycles. The summed E-state index contributed by atoms with van der Waals surface area (Å²) >= 11 is 0. The van der Waals surface area contributed by atoms with E-state index in [0.717, 1.165) is 17.2 Å². The standard InChI is InChI=1S/C15H13FO2/c1-2-9-17-13-8-7-11(16)15-14(13)10-5-3-4-6-12(10)18-15/h3-8H,2,9H2,1H3. The van der Waals surface area contributed by atoms with Gasteiger partial charge in [0.1, 0.15) is 11.3 Å². The van der Waals surface area contributed by atoms with Crippen molar-refractivity contribution in [2.24, 2.45) is 0 Å². The van der Waals surface area contributed by atoms with Crippen LogP contribution < -0.4 is 4.74 Å². The number of halogens is 1. The first-order chi connectivity index (χ1) is 8.81. The minimum Gasteiger partial charge on any atom is -0.493 e. The number of fused-ring (bicyclic) bond motifs is 3. The number of hydrogen-bond acceptors (Lipinski definition) is 2. The van der Waals surface area contributed by atoms with Gasteiger partial charge in [-0.1, -0.05) is 25.1 Å². The van der Waals surface area contributed by atoms with E-state index >= 15 is 0 Å². The van der Waals surface area contributed by atoms with Crippen LogP contribution in [0.4, 0.5) is 4.39 Å². The van der Waals surface area contributed by atoms with Crippen molar-refractivity contribution in [2.45, 2.75) is 13.3 Å². The average Bonchev–Trinajstić information content (AvgIpc) is 2.79. The molecule has 2 nitrogen and oxygen atoms in total. The van der Waals surface area contributed by atoms with Crippen molar-refractivity contribution in [3.8, 4) is 5.75 Å². The second-order valence-corrected chi connectivity index (χ2v) is 4.20. The smallest absolute Gasteiger partial charge is 0.174 e. The molecule has 0 aliphatic heterocycles. The van der Waals surface area contributed by atoms with Gasteiger partial charge in [-0.15, -0.1) is 0 Å². The SMILES string of the molecule is CCCOc1ccc(F)c2oc3ccccc3c12. The zero-order valence-electron chi connectivity index (χ0n) is 10.1. The van der Waals surface area contributed by atoms with Gasteiger partial charge in [0.05, 0.1) is 12.0 Å². The molecule has 0 fully saturated rings. The van der Waals surface area contributed by atoms with Crippen LogP contribution in [0.3, 0.4) is 0 Å². The first kappa shape index (κ1) is 11.1. The van der Waals surface area contributed by atoms with E-state index in [-0.39, 0.29) is 11.4 Å². The maximum atomic E-state index is 13.8. The van der Waals surface area contributed by atoms with Crippen LogP contribution in [-0.4, -0.2) is 6.61 Å².